The molecule has 0 aromatic carbocycles. The highest BCUT2D eigenvalue weighted by Gasteiger charge is 2.12. The molecule has 0 saturated heterocycles. The van der Waals surface area contributed by atoms with E-state index >= 15 is 0 Å². The number of carbonyl (C=O) groups excluding carboxylic acids is 1. The Bertz CT molecular complexity index is 334. The Morgan fingerprint density at radius 2 is 2.45 bits per heavy atom. The number of ketones is 1. The first-order chi connectivity index (χ1) is 5.15. The molecule has 1 aromatic heterocycles. The van der Waals surface area contributed by atoms with Gasteiger partial charge in [0.1, 0.15) is 6.07 Å². The molecule has 5 nitrogen and oxygen atoms in total. The number of oxazole rings is 1. The van der Waals surface area contributed by atoms with Crippen molar-refractivity contribution in [1.29, 1.82) is 5.26 Å². The first-order valence-corrected chi connectivity index (χ1v) is 2.82. The summed E-state index contributed by atoms with van der Waals surface area (Å²) >= 11 is 0. The summed E-state index contributed by atoms with van der Waals surface area (Å²) in [5.74, 6) is -0.588. The van der Waals surface area contributed by atoms with E-state index in [9.17, 15) is 4.79 Å². The first-order valence-electron chi connectivity index (χ1n) is 2.82. The van der Waals surface area contributed by atoms with E-state index in [-0.39, 0.29) is 23.3 Å². The smallest absolute Gasteiger partial charge is 0.266 e. The van der Waals surface area contributed by atoms with Crippen LogP contribution in [0, 0.1) is 11.3 Å². The fourth-order valence-electron chi connectivity index (χ4n) is 0.563. The number of nitrogen functional groups attached to an aromatic ring is 1. The molecule has 0 aliphatic heterocycles. The van der Waals surface area contributed by atoms with Gasteiger partial charge in [0, 0.05) is 6.92 Å². The van der Waals surface area contributed by atoms with Crippen molar-refractivity contribution in [2.24, 2.45) is 0 Å². The third-order valence-corrected chi connectivity index (χ3v) is 1.06. The van der Waals surface area contributed by atoms with E-state index in [0.717, 1.165) is 0 Å². The second kappa shape index (κ2) is 2.42. The molecule has 11 heavy (non-hydrogen) atoms. The Labute approximate surface area is 62.4 Å². The second-order valence-electron chi connectivity index (χ2n) is 1.90. The zero-order valence-electron chi connectivity index (χ0n) is 5.79. The molecule has 56 valence electrons. The normalized spacial score (nSPS) is 9.09. The number of nitriles is 1. The van der Waals surface area contributed by atoms with Gasteiger partial charge < -0.3 is 10.2 Å². The highest BCUT2D eigenvalue weighted by atomic mass is 16.4. The van der Waals surface area contributed by atoms with Gasteiger partial charge in [0.15, 0.2) is 0 Å². The number of nitrogens with two attached hydrogens (primary N) is 1. The van der Waals surface area contributed by atoms with Gasteiger partial charge in [-0.3, -0.25) is 4.79 Å². The van der Waals surface area contributed by atoms with Gasteiger partial charge in [-0.05, 0) is 0 Å². The Morgan fingerprint density at radius 1 is 1.82 bits per heavy atom. The van der Waals surface area contributed by atoms with Crippen LogP contribution in [0.4, 0.5) is 5.88 Å². The predicted octanol–water partition coefficient (Wildman–Crippen LogP) is 0.331. The largest absolute Gasteiger partial charge is 0.416 e. The zero-order valence-corrected chi connectivity index (χ0v) is 5.79. The van der Waals surface area contributed by atoms with Gasteiger partial charge in [-0.2, -0.15) is 10.2 Å². The minimum atomic E-state index is -0.349. The van der Waals surface area contributed by atoms with Crippen LogP contribution in [0.1, 0.15) is 23.3 Å². The van der Waals surface area contributed by atoms with Crippen molar-refractivity contribution in [3.63, 3.8) is 0 Å². The van der Waals surface area contributed by atoms with Crippen molar-refractivity contribution in [3.05, 3.63) is 11.6 Å². The minimum Gasteiger partial charge on any atom is -0.416 e. The zero-order chi connectivity index (χ0) is 8.43. The van der Waals surface area contributed by atoms with Crippen LogP contribution in [-0.4, -0.2) is 10.8 Å². The molecule has 0 aliphatic carbocycles. The van der Waals surface area contributed by atoms with Crippen LogP contribution in [0.3, 0.4) is 0 Å². The maximum atomic E-state index is 10.6. The number of anilines is 1. The van der Waals surface area contributed by atoms with Crippen molar-refractivity contribution < 1.29 is 9.21 Å². The van der Waals surface area contributed by atoms with Crippen LogP contribution >= 0.6 is 0 Å². The lowest BCUT2D eigenvalue weighted by Crippen LogP contribution is -1.90. The van der Waals surface area contributed by atoms with E-state index in [0.29, 0.717) is 0 Å². The van der Waals surface area contributed by atoms with Crippen molar-refractivity contribution in [2.75, 3.05) is 5.73 Å². The fourth-order valence-corrected chi connectivity index (χ4v) is 0.563. The van der Waals surface area contributed by atoms with E-state index in [1.54, 1.807) is 6.07 Å². The van der Waals surface area contributed by atoms with E-state index in [1.807, 2.05) is 0 Å². The monoisotopic (exact) mass is 151 g/mol. The van der Waals surface area contributed by atoms with Gasteiger partial charge >= 0.3 is 0 Å². The molecule has 1 rings (SSSR count). The Hall–Kier alpha value is -1.83. The molecule has 2 N–H and O–H groups in total. The number of aromatic nitrogens is 1. The molecular formula is C6H5N3O2. The number of Topliss-reactive ketones (excluding diaryl/α,β-unsaturated/α-hetero) is 1. The van der Waals surface area contributed by atoms with Gasteiger partial charge in [0.2, 0.25) is 17.4 Å². The van der Waals surface area contributed by atoms with Crippen molar-refractivity contribution >= 4 is 11.7 Å². The summed E-state index contributed by atoms with van der Waals surface area (Å²) in [6.45, 7) is 1.28. The quantitative estimate of drug-likeness (QED) is 0.584. The molecule has 0 amide bonds. The number of hydrogen-bond donors (Lipinski definition) is 1. The Balaban J connectivity index is 3.18. The van der Waals surface area contributed by atoms with Gasteiger partial charge in [-0.15, -0.1) is 0 Å². The standard InChI is InChI=1S/C6H5N3O2/c1-3(10)6-9-4(2-7)5(8)11-6/h8H2,1H3. The summed E-state index contributed by atoms with van der Waals surface area (Å²) in [5, 5.41) is 8.35. The molecule has 0 bridgehead atoms. The van der Waals surface area contributed by atoms with Gasteiger partial charge in [-0.1, -0.05) is 0 Å². The van der Waals surface area contributed by atoms with Crippen LogP contribution in [0.5, 0.6) is 0 Å². The molecule has 0 fully saturated rings. The van der Waals surface area contributed by atoms with Crippen molar-refractivity contribution in [2.45, 2.75) is 6.92 Å². The molecule has 0 aliphatic rings. The molecule has 5 heteroatoms. The summed E-state index contributed by atoms with van der Waals surface area (Å²) in [6.07, 6.45) is 0. The molecule has 1 aromatic rings. The van der Waals surface area contributed by atoms with E-state index in [2.05, 4.69) is 9.40 Å². The molecule has 0 atom stereocenters. The van der Waals surface area contributed by atoms with Crippen LogP contribution in [0.25, 0.3) is 0 Å². The van der Waals surface area contributed by atoms with Crippen LogP contribution < -0.4 is 5.73 Å². The van der Waals surface area contributed by atoms with Crippen LogP contribution in [0.2, 0.25) is 0 Å². The fraction of sp³-hybridized carbons (Fsp3) is 0.167. The number of rotatable bonds is 1. The lowest BCUT2D eigenvalue weighted by molar-refractivity contribution is 0.0981. The van der Waals surface area contributed by atoms with E-state index in [4.69, 9.17) is 11.0 Å². The molecule has 0 unspecified atom stereocenters. The lowest BCUT2D eigenvalue weighted by atomic mass is 10.4. The average molecular weight is 151 g/mol. The maximum Gasteiger partial charge on any atom is 0.266 e. The average Bonchev–Trinajstić information content (AvgIpc) is 2.31. The molecule has 1 heterocycles. The summed E-state index contributed by atoms with van der Waals surface area (Å²) < 4.78 is 4.66. The molecule has 0 radical (unpaired) electrons. The first kappa shape index (κ1) is 7.28. The number of nitrogens with zero attached hydrogens (tertiary/aromatic N) is 2. The summed E-state index contributed by atoms with van der Waals surface area (Å²) in [5.41, 5.74) is 5.14. The highest BCUT2D eigenvalue weighted by Crippen LogP contribution is 2.11. The van der Waals surface area contributed by atoms with Crippen molar-refractivity contribution in [1.82, 2.24) is 4.98 Å². The molecule has 0 saturated carbocycles. The SMILES string of the molecule is CC(=O)c1nc(C#N)c(N)o1. The number of carbonyl (C=O) groups is 1. The summed E-state index contributed by atoms with van der Waals surface area (Å²) in [4.78, 5) is 14.1. The summed E-state index contributed by atoms with van der Waals surface area (Å²) in [7, 11) is 0. The van der Waals surface area contributed by atoms with Crippen LogP contribution in [-0.2, 0) is 0 Å². The van der Waals surface area contributed by atoms with Crippen molar-refractivity contribution in [3.8, 4) is 6.07 Å². The predicted molar refractivity (Wildman–Crippen MR) is 35.6 cm³/mol. The van der Waals surface area contributed by atoms with Gasteiger partial charge in [-0.25, -0.2) is 0 Å². The highest BCUT2D eigenvalue weighted by molar-refractivity contribution is 5.89. The number of hydrogen-bond acceptors (Lipinski definition) is 5. The molecule has 0 spiro atoms. The third-order valence-electron chi connectivity index (χ3n) is 1.06. The Kier molecular flexibility index (Phi) is 1.60. The van der Waals surface area contributed by atoms with Gasteiger partial charge in [0.25, 0.3) is 5.89 Å². The van der Waals surface area contributed by atoms with Gasteiger partial charge in [0.05, 0.1) is 0 Å². The topological polar surface area (TPSA) is 92.9 Å². The third kappa shape index (κ3) is 1.19. The van der Waals surface area contributed by atoms with E-state index < -0.39 is 0 Å². The van der Waals surface area contributed by atoms with E-state index in [1.165, 1.54) is 6.92 Å². The van der Waals surface area contributed by atoms with Crippen LogP contribution in [0.15, 0.2) is 4.42 Å². The maximum absolute atomic E-state index is 10.6. The Morgan fingerprint density at radius 3 is 2.73 bits per heavy atom. The molecular weight excluding hydrogens is 146 g/mol. The minimum absolute atomic E-state index is 0.0461. The lowest BCUT2D eigenvalue weighted by Gasteiger charge is -1.80. The second-order valence-corrected chi connectivity index (χ2v) is 1.90. The summed E-state index contributed by atoms with van der Waals surface area (Å²) in [6, 6.07) is 1.69.